The number of benzene rings is 2. The van der Waals surface area contributed by atoms with Gasteiger partial charge in [0, 0.05) is 15.4 Å². The highest BCUT2D eigenvalue weighted by molar-refractivity contribution is 9.10. The van der Waals surface area contributed by atoms with E-state index in [1.54, 1.807) is 0 Å². The maximum absolute atomic E-state index is 4.94. The van der Waals surface area contributed by atoms with Gasteiger partial charge in [0.25, 0.3) is 0 Å². The van der Waals surface area contributed by atoms with Crippen LogP contribution in [0.25, 0.3) is 22.2 Å². The molecule has 1 aromatic heterocycles. The van der Waals surface area contributed by atoms with E-state index in [2.05, 4.69) is 64.5 Å². The van der Waals surface area contributed by atoms with Crippen LogP contribution in [-0.2, 0) is 0 Å². The zero-order chi connectivity index (χ0) is 13.5. The smallest absolute Gasteiger partial charge is 0.0755 e. The highest BCUT2D eigenvalue weighted by Gasteiger charge is 2.30. The lowest BCUT2D eigenvalue weighted by Crippen LogP contribution is -1.95. The van der Waals surface area contributed by atoms with Crippen LogP contribution in [0.2, 0.25) is 0 Å². The van der Waals surface area contributed by atoms with E-state index in [0.717, 1.165) is 11.2 Å². The van der Waals surface area contributed by atoms with Gasteiger partial charge in [0.15, 0.2) is 0 Å². The first-order valence-corrected chi connectivity index (χ1v) is 7.77. The molecule has 1 nitrogen and oxygen atoms in total. The predicted octanol–water partition coefficient (Wildman–Crippen LogP) is 5.54. The van der Waals surface area contributed by atoms with Crippen LogP contribution in [0, 0.1) is 0 Å². The van der Waals surface area contributed by atoms with E-state index < -0.39 is 0 Å². The van der Waals surface area contributed by atoms with Crippen LogP contribution in [0.3, 0.4) is 0 Å². The van der Waals surface area contributed by atoms with Gasteiger partial charge in [-0.2, -0.15) is 0 Å². The van der Waals surface area contributed by atoms with Crippen molar-refractivity contribution < 1.29 is 0 Å². The Morgan fingerprint density at radius 2 is 1.60 bits per heavy atom. The minimum Gasteiger partial charge on any atom is -0.247 e. The predicted molar refractivity (Wildman–Crippen MR) is 86.9 cm³/mol. The molecule has 0 unspecified atom stereocenters. The molecule has 1 aliphatic rings. The summed E-state index contributed by atoms with van der Waals surface area (Å²) in [4.78, 5) is 4.94. The lowest BCUT2D eigenvalue weighted by molar-refractivity contribution is 1.10. The molecule has 0 spiro atoms. The zero-order valence-corrected chi connectivity index (χ0v) is 12.6. The molecular formula is C18H14BrN. The van der Waals surface area contributed by atoms with Crippen LogP contribution in [0.1, 0.15) is 24.3 Å². The van der Waals surface area contributed by atoms with Crippen molar-refractivity contribution in [1.29, 1.82) is 0 Å². The van der Waals surface area contributed by atoms with Crippen LogP contribution in [-0.4, -0.2) is 4.98 Å². The van der Waals surface area contributed by atoms with Gasteiger partial charge in [0.05, 0.1) is 11.2 Å². The summed E-state index contributed by atoms with van der Waals surface area (Å²) in [5.41, 5.74) is 4.79. The van der Waals surface area contributed by atoms with Crippen LogP contribution in [0.15, 0.2) is 59.1 Å². The van der Waals surface area contributed by atoms with Crippen molar-refractivity contribution in [3.05, 3.63) is 64.6 Å². The Balaban J connectivity index is 2.06. The second-order valence-electron chi connectivity index (χ2n) is 5.35. The Hall–Kier alpha value is -1.67. The molecule has 2 heteroatoms. The van der Waals surface area contributed by atoms with E-state index >= 15 is 0 Å². The average Bonchev–Trinajstić information content (AvgIpc) is 3.33. The number of hydrogen-bond acceptors (Lipinski definition) is 1. The molecule has 20 heavy (non-hydrogen) atoms. The third-order valence-corrected chi connectivity index (χ3v) is 4.75. The molecule has 0 radical (unpaired) electrons. The normalized spacial score (nSPS) is 14.7. The fourth-order valence-electron chi connectivity index (χ4n) is 2.75. The van der Waals surface area contributed by atoms with Gasteiger partial charge in [-0.1, -0.05) is 48.5 Å². The van der Waals surface area contributed by atoms with E-state index in [-0.39, 0.29) is 0 Å². The largest absolute Gasteiger partial charge is 0.247 e. The first-order chi connectivity index (χ1) is 9.84. The summed E-state index contributed by atoms with van der Waals surface area (Å²) in [6.45, 7) is 0. The SMILES string of the molecule is Brc1c(C2CC2)c(-c2ccccc2)nc2ccccc12. The van der Waals surface area contributed by atoms with Gasteiger partial charge < -0.3 is 0 Å². The van der Waals surface area contributed by atoms with Gasteiger partial charge in [-0.25, -0.2) is 4.98 Å². The standard InChI is InChI=1S/C18H14BrN/c19-17-14-8-4-5-9-15(14)20-18(16(17)12-10-11-12)13-6-2-1-3-7-13/h1-9,12H,10-11H2. The van der Waals surface area contributed by atoms with Crippen molar-refractivity contribution >= 4 is 26.8 Å². The topological polar surface area (TPSA) is 12.9 Å². The lowest BCUT2D eigenvalue weighted by atomic mass is 10.00. The molecule has 0 amide bonds. The van der Waals surface area contributed by atoms with Crippen molar-refractivity contribution in [2.75, 3.05) is 0 Å². The third kappa shape index (κ3) is 1.95. The van der Waals surface area contributed by atoms with E-state index in [4.69, 9.17) is 4.98 Å². The first-order valence-electron chi connectivity index (χ1n) is 6.98. The Labute approximate surface area is 126 Å². The summed E-state index contributed by atoms with van der Waals surface area (Å²) in [5.74, 6) is 0.664. The molecule has 1 heterocycles. The van der Waals surface area contributed by atoms with Gasteiger partial charge >= 0.3 is 0 Å². The van der Waals surface area contributed by atoms with Gasteiger partial charge in [-0.3, -0.25) is 0 Å². The van der Waals surface area contributed by atoms with E-state index in [1.165, 1.54) is 33.8 Å². The van der Waals surface area contributed by atoms with Crippen molar-refractivity contribution in [2.24, 2.45) is 0 Å². The summed E-state index contributed by atoms with van der Waals surface area (Å²) in [5, 5.41) is 1.22. The summed E-state index contributed by atoms with van der Waals surface area (Å²) in [6.07, 6.45) is 2.55. The molecule has 0 saturated heterocycles. The second kappa shape index (κ2) is 4.71. The molecule has 98 valence electrons. The molecule has 1 saturated carbocycles. The maximum atomic E-state index is 4.94. The molecule has 0 N–H and O–H groups in total. The Morgan fingerprint density at radius 3 is 2.35 bits per heavy atom. The highest BCUT2D eigenvalue weighted by Crippen LogP contribution is 2.48. The number of nitrogens with zero attached hydrogens (tertiary/aromatic N) is 1. The van der Waals surface area contributed by atoms with Crippen LogP contribution < -0.4 is 0 Å². The lowest BCUT2D eigenvalue weighted by Gasteiger charge is -2.13. The Morgan fingerprint density at radius 1 is 0.900 bits per heavy atom. The van der Waals surface area contributed by atoms with Gasteiger partial charge in [0.2, 0.25) is 0 Å². The Bertz CT molecular complexity index is 776. The summed E-state index contributed by atoms with van der Waals surface area (Å²) >= 11 is 3.83. The summed E-state index contributed by atoms with van der Waals surface area (Å²) in [7, 11) is 0. The highest BCUT2D eigenvalue weighted by atomic mass is 79.9. The quantitative estimate of drug-likeness (QED) is 0.603. The summed E-state index contributed by atoms with van der Waals surface area (Å²) in [6, 6.07) is 18.9. The van der Waals surface area contributed by atoms with Gasteiger partial charge in [-0.05, 0) is 46.3 Å². The second-order valence-corrected chi connectivity index (χ2v) is 6.14. The fourth-order valence-corrected chi connectivity index (χ4v) is 3.59. The van der Waals surface area contributed by atoms with Crippen molar-refractivity contribution in [3.8, 4) is 11.3 Å². The number of halogens is 1. The molecule has 0 bridgehead atoms. The number of aromatic nitrogens is 1. The number of rotatable bonds is 2. The zero-order valence-electron chi connectivity index (χ0n) is 11.0. The molecule has 1 aliphatic carbocycles. The molecule has 2 aromatic carbocycles. The van der Waals surface area contributed by atoms with Crippen molar-refractivity contribution in [3.63, 3.8) is 0 Å². The monoisotopic (exact) mass is 323 g/mol. The number of fused-ring (bicyclic) bond motifs is 1. The molecular weight excluding hydrogens is 310 g/mol. The van der Waals surface area contributed by atoms with Gasteiger partial charge in [0.1, 0.15) is 0 Å². The molecule has 0 atom stereocenters. The van der Waals surface area contributed by atoms with E-state index in [0.29, 0.717) is 5.92 Å². The fraction of sp³-hybridized carbons (Fsp3) is 0.167. The molecule has 3 aromatic rings. The van der Waals surface area contributed by atoms with E-state index in [1.807, 2.05) is 6.07 Å². The van der Waals surface area contributed by atoms with Crippen molar-refractivity contribution in [2.45, 2.75) is 18.8 Å². The van der Waals surface area contributed by atoms with Crippen molar-refractivity contribution in [1.82, 2.24) is 4.98 Å². The first kappa shape index (κ1) is 12.1. The summed E-state index contributed by atoms with van der Waals surface area (Å²) < 4.78 is 1.23. The number of hydrogen-bond donors (Lipinski definition) is 0. The average molecular weight is 324 g/mol. The molecule has 1 fully saturated rings. The maximum Gasteiger partial charge on any atom is 0.0755 e. The molecule has 4 rings (SSSR count). The number of pyridine rings is 1. The van der Waals surface area contributed by atoms with E-state index in [9.17, 15) is 0 Å². The van der Waals surface area contributed by atoms with Crippen LogP contribution in [0.5, 0.6) is 0 Å². The van der Waals surface area contributed by atoms with Gasteiger partial charge in [-0.15, -0.1) is 0 Å². The van der Waals surface area contributed by atoms with Crippen LogP contribution >= 0.6 is 15.9 Å². The van der Waals surface area contributed by atoms with Crippen LogP contribution in [0.4, 0.5) is 0 Å². The minimum atomic E-state index is 0.664. The third-order valence-electron chi connectivity index (χ3n) is 3.90. The Kier molecular flexibility index (Phi) is 2.85. The molecule has 0 aliphatic heterocycles. The minimum absolute atomic E-state index is 0.664. The number of para-hydroxylation sites is 1.